The van der Waals surface area contributed by atoms with Crippen molar-refractivity contribution in [3.05, 3.63) is 107 Å². The van der Waals surface area contributed by atoms with Crippen LogP contribution in [-0.2, 0) is 21.6 Å². The number of amides is 4. The predicted octanol–water partition coefficient (Wildman–Crippen LogP) is 5.26. The first-order chi connectivity index (χ1) is 25.2. The van der Waals surface area contributed by atoms with Crippen LogP contribution in [0.1, 0.15) is 83.5 Å². The summed E-state index contributed by atoms with van der Waals surface area (Å²) in [5, 5.41) is 5.50. The number of ether oxygens (including phenoxy) is 2. The molecule has 3 aliphatic heterocycles. The van der Waals surface area contributed by atoms with Gasteiger partial charge in [-0.25, -0.2) is 9.97 Å². The highest BCUT2D eigenvalue weighted by Crippen LogP contribution is 2.34. The van der Waals surface area contributed by atoms with E-state index in [2.05, 4.69) is 63.6 Å². The molecule has 2 fully saturated rings. The highest BCUT2D eigenvalue weighted by atomic mass is 16.5. The molecule has 12 heteroatoms. The van der Waals surface area contributed by atoms with Crippen LogP contribution in [0.5, 0.6) is 11.5 Å². The van der Waals surface area contributed by atoms with Gasteiger partial charge in [0.15, 0.2) is 0 Å². The van der Waals surface area contributed by atoms with E-state index in [-0.39, 0.29) is 29.4 Å². The fraction of sp³-hybridized carbons (Fsp3) is 0.350. The summed E-state index contributed by atoms with van der Waals surface area (Å²) in [5.41, 5.74) is 4.13. The van der Waals surface area contributed by atoms with Crippen LogP contribution in [0.4, 0.5) is 11.6 Å². The van der Waals surface area contributed by atoms with Crippen molar-refractivity contribution in [2.45, 2.75) is 64.0 Å². The molecule has 0 radical (unpaired) electrons. The van der Waals surface area contributed by atoms with Gasteiger partial charge in [0.25, 0.3) is 11.8 Å². The third kappa shape index (κ3) is 7.32. The van der Waals surface area contributed by atoms with E-state index in [4.69, 9.17) is 9.47 Å². The lowest BCUT2D eigenvalue weighted by atomic mass is 9.78. The number of aromatic nitrogens is 2. The number of carbonyl (C=O) groups is 4. The van der Waals surface area contributed by atoms with Gasteiger partial charge in [0, 0.05) is 43.4 Å². The van der Waals surface area contributed by atoms with E-state index in [9.17, 15) is 19.2 Å². The number of anilines is 2. The van der Waals surface area contributed by atoms with Gasteiger partial charge in [0.1, 0.15) is 24.1 Å². The van der Waals surface area contributed by atoms with E-state index >= 15 is 0 Å². The molecule has 268 valence electrons. The molecule has 0 spiro atoms. The lowest BCUT2D eigenvalue weighted by Crippen LogP contribution is -2.54. The lowest BCUT2D eigenvalue weighted by Gasteiger charge is -2.27. The van der Waals surface area contributed by atoms with Crippen LogP contribution in [0, 0.1) is 0 Å². The lowest BCUT2D eigenvalue weighted by molar-refractivity contribution is -0.136. The Bertz CT molecular complexity index is 1970. The van der Waals surface area contributed by atoms with Crippen LogP contribution in [0.2, 0.25) is 0 Å². The summed E-state index contributed by atoms with van der Waals surface area (Å²) in [5.74, 6) is 0.264. The van der Waals surface area contributed by atoms with Crippen molar-refractivity contribution in [1.29, 1.82) is 0 Å². The first kappa shape index (κ1) is 34.7. The minimum Gasteiger partial charge on any atom is -0.494 e. The van der Waals surface area contributed by atoms with Gasteiger partial charge < -0.3 is 19.7 Å². The monoisotopic (exact) mass is 702 g/mol. The maximum atomic E-state index is 13.1. The number of rotatable bonds is 13. The SMILES string of the molecule is CC(C)(c1ccc(OCCCNc2ccc3c(c2)C(=O)N(C2CCC(=O)NC2=O)C3=O)cc1)c1ccc(OCc2ccnc(N3CCCC3)n2)cc1. The zero-order valence-electron chi connectivity index (χ0n) is 29.4. The number of hydrogen-bond acceptors (Lipinski definition) is 10. The van der Waals surface area contributed by atoms with Crippen LogP contribution in [0.25, 0.3) is 0 Å². The van der Waals surface area contributed by atoms with Crippen molar-refractivity contribution in [2.75, 3.05) is 36.5 Å². The molecule has 1 atom stereocenters. The number of fused-ring (bicyclic) bond motifs is 1. The van der Waals surface area contributed by atoms with Crippen molar-refractivity contribution >= 4 is 35.3 Å². The Labute approximate surface area is 302 Å². The number of hydrogen-bond donors (Lipinski definition) is 2. The number of imide groups is 2. The second-order valence-corrected chi connectivity index (χ2v) is 13.8. The van der Waals surface area contributed by atoms with Crippen molar-refractivity contribution in [2.24, 2.45) is 0 Å². The summed E-state index contributed by atoms with van der Waals surface area (Å²) in [6.45, 7) is 7.84. The summed E-state index contributed by atoms with van der Waals surface area (Å²) >= 11 is 0. The highest BCUT2D eigenvalue weighted by molar-refractivity contribution is 6.23. The van der Waals surface area contributed by atoms with E-state index < -0.39 is 29.7 Å². The average Bonchev–Trinajstić information content (AvgIpc) is 3.78. The standard InChI is InChI=1S/C40H42N6O6/c1-40(2,27-8-13-31(14-9-27)52-25-29-18-20-42-39(43-29)45-21-3-4-22-45)26-6-11-30(12-7-26)51-23-5-19-41-28-10-15-32-33(24-28)38(50)46(37(32)49)34-16-17-35(47)44-36(34)48/h6-15,18,20,24,34,41H,3-5,16-17,19,21-23,25H2,1-2H3,(H,44,47,48). The molecule has 0 saturated carbocycles. The van der Waals surface area contributed by atoms with E-state index in [1.807, 2.05) is 30.3 Å². The average molecular weight is 703 g/mol. The molecule has 1 aromatic heterocycles. The Morgan fingerprint density at radius 3 is 2.21 bits per heavy atom. The molecule has 3 aromatic carbocycles. The van der Waals surface area contributed by atoms with Crippen LogP contribution in [0.15, 0.2) is 79.0 Å². The second-order valence-electron chi connectivity index (χ2n) is 13.8. The van der Waals surface area contributed by atoms with Crippen molar-refractivity contribution in [3.63, 3.8) is 0 Å². The fourth-order valence-corrected chi connectivity index (χ4v) is 6.87. The topological polar surface area (TPSA) is 143 Å². The largest absolute Gasteiger partial charge is 0.494 e. The Balaban J connectivity index is 0.866. The summed E-state index contributed by atoms with van der Waals surface area (Å²) in [7, 11) is 0. The maximum absolute atomic E-state index is 13.1. The van der Waals surface area contributed by atoms with Gasteiger partial charge in [-0.3, -0.25) is 29.4 Å². The Morgan fingerprint density at radius 1 is 0.846 bits per heavy atom. The first-order valence-electron chi connectivity index (χ1n) is 17.8. The third-order valence-electron chi connectivity index (χ3n) is 9.99. The molecule has 4 aromatic rings. The molecule has 4 heterocycles. The predicted molar refractivity (Wildman–Crippen MR) is 195 cm³/mol. The molecule has 4 amide bonds. The van der Waals surface area contributed by atoms with E-state index in [1.165, 1.54) is 18.4 Å². The molecule has 2 saturated heterocycles. The summed E-state index contributed by atoms with van der Waals surface area (Å²) < 4.78 is 12.1. The summed E-state index contributed by atoms with van der Waals surface area (Å²) in [6.07, 6.45) is 5.06. The fourth-order valence-electron chi connectivity index (χ4n) is 6.87. The zero-order chi connectivity index (χ0) is 36.2. The molecule has 2 N–H and O–H groups in total. The van der Waals surface area contributed by atoms with Crippen LogP contribution in [-0.4, -0.2) is 70.8 Å². The van der Waals surface area contributed by atoms with Gasteiger partial charge in [0.05, 0.1) is 23.4 Å². The molecule has 52 heavy (non-hydrogen) atoms. The van der Waals surface area contributed by atoms with Gasteiger partial charge in [0.2, 0.25) is 17.8 Å². The van der Waals surface area contributed by atoms with Crippen LogP contribution >= 0.6 is 0 Å². The highest BCUT2D eigenvalue weighted by Gasteiger charge is 2.44. The van der Waals surface area contributed by atoms with Crippen LogP contribution in [0.3, 0.4) is 0 Å². The van der Waals surface area contributed by atoms with Gasteiger partial charge in [-0.1, -0.05) is 38.1 Å². The van der Waals surface area contributed by atoms with Gasteiger partial charge >= 0.3 is 0 Å². The van der Waals surface area contributed by atoms with E-state index in [1.54, 1.807) is 24.4 Å². The Morgan fingerprint density at radius 2 is 1.52 bits per heavy atom. The van der Waals surface area contributed by atoms with Crippen molar-refractivity contribution in [3.8, 4) is 11.5 Å². The Hall–Kier alpha value is -5.78. The van der Waals surface area contributed by atoms with Crippen molar-refractivity contribution in [1.82, 2.24) is 20.2 Å². The minimum atomic E-state index is -0.985. The van der Waals surface area contributed by atoms with Gasteiger partial charge in [-0.15, -0.1) is 0 Å². The first-order valence-corrected chi connectivity index (χ1v) is 17.8. The molecular formula is C40H42N6O6. The van der Waals surface area contributed by atoms with E-state index in [0.29, 0.717) is 31.9 Å². The summed E-state index contributed by atoms with van der Waals surface area (Å²) in [6, 6.07) is 22.2. The molecule has 0 bridgehead atoms. The molecule has 0 aliphatic carbocycles. The van der Waals surface area contributed by atoms with Gasteiger partial charge in [-0.2, -0.15) is 0 Å². The minimum absolute atomic E-state index is 0.0820. The molecule has 12 nitrogen and oxygen atoms in total. The molecule has 1 unspecified atom stereocenters. The second kappa shape index (κ2) is 14.8. The smallest absolute Gasteiger partial charge is 0.262 e. The quantitative estimate of drug-likeness (QED) is 0.140. The molecule has 3 aliphatic rings. The summed E-state index contributed by atoms with van der Waals surface area (Å²) in [4.78, 5) is 62.2. The zero-order valence-corrected chi connectivity index (χ0v) is 29.4. The number of piperidine rings is 1. The third-order valence-corrected chi connectivity index (χ3v) is 9.99. The number of nitrogens with one attached hydrogen (secondary N) is 2. The number of benzene rings is 3. The Kier molecular flexibility index (Phi) is 9.88. The van der Waals surface area contributed by atoms with Crippen LogP contribution < -0.4 is 25.0 Å². The van der Waals surface area contributed by atoms with Gasteiger partial charge in [-0.05, 0) is 85.3 Å². The van der Waals surface area contributed by atoms with Crippen molar-refractivity contribution < 1.29 is 28.7 Å². The maximum Gasteiger partial charge on any atom is 0.262 e. The normalized spacial score (nSPS) is 17.3. The molecule has 7 rings (SSSR count). The number of nitrogens with zero attached hydrogens (tertiary/aromatic N) is 4. The molecular weight excluding hydrogens is 660 g/mol. The number of carbonyl (C=O) groups excluding carboxylic acids is 4. The van der Waals surface area contributed by atoms with E-state index in [0.717, 1.165) is 46.7 Å².